The standard InChI is InChI=1S/C20H12N6S3/c1-3-14-16(28-9-21-14)7-11(1)23-19-13-5-6-27-18(13)20(26-25-19)24-12-2-4-15-17(8-12)29-10-22-15/h1-10H,(H,23,25)(H,24,26). The summed E-state index contributed by atoms with van der Waals surface area (Å²) in [6.45, 7) is 0. The Bertz CT molecular complexity index is 1370. The molecule has 6 aromatic rings. The number of nitrogens with one attached hydrogen (secondary N) is 2. The van der Waals surface area contributed by atoms with E-state index in [1.807, 2.05) is 35.3 Å². The molecule has 0 fully saturated rings. The first-order valence-corrected chi connectivity index (χ1v) is 11.4. The third-order valence-corrected chi connectivity index (χ3v) is 7.08. The van der Waals surface area contributed by atoms with Gasteiger partial charge in [0.15, 0.2) is 11.6 Å². The van der Waals surface area contributed by atoms with Crippen LogP contribution in [0.4, 0.5) is 23.0 Å². The number of rotatable bonds is 4. The van der Waals surface area contributed by atoms with E-state index >= 15 is 0 Å². The zero-order valence-corrected chi connectivity index (χ0v) is 17.2. The minimum atomic E-state index is 0.744. The molecule has 0 aliphatic carbocycles. The van der Waals surface area contributed by atoms with Gasteiger partial charge in [0, 0.05) is 16.8 Å². The monoisotopic (exact) mass is 432 g/mol. The van der Waals surface area contributed by atoms with Crippen LogP contribution in [0, 0.1) is 0 Å². The normalized spacial score (nSPS) is 11.4. The number of thiazole rings is 2. The van der Waals surface area contributed by atoms with Crippen LogP contribution in [-0.4, -0.2) is 20.2 Å². The Kier molecular flexibility index (Phi) is 3.89. The highest BCUT2D eigenvalue weighted by Crippen LogP contribution is 2.35. The van der Waals surface area contributed by atoms with E-state index in [1.54, 1.807) is 34.0 Å². The Balaban J connectivity index is 1.35. The fourth-order valence-corrected chi connectivity index (χ4v) is 5.46. The third-order valence-electron chi connectivity index (χ3n) is 4.57. The predicted octanol–water partition coefficient (Wildman–Crippen LogP) is 6.40. The van der Waals surface area contributed by atoms with E-state index in [0.29, 0.717) is 0 Å². The van der Waals surface area contributed by atoms with Gasteiger partial charge in [-0.15, -0.1) is 44.2 Å². The Labute approximate surface area is 176 Å². The lowest BCUT2D eigenvalue weighted by molar-refractivity contribution is 1.06. The maximum Gasteiger partial charge on any atom is 0.171 e. The van der Waals surface area contributed by atoms with E-state index < -0.39 is 0 Å². The van der Waals surface area contributed by atoms with E-state index in [-0.39, 0.29) is 0 Å². The van der Waals surface area contributed by atoms with Gasteiger partial charge in [0.1, 0.15) is 0 Å². The van der Waals surface area contributed by atoms with Crippen molar-refractivity contribution in [2.75, 3.05) is 10.6 Å². The summed E-state index contributed by atoms with van der Waals surface area (Å²) in [6, 6.07) is 14.3. The number of aromatic nitrogens is 4. The second kappa shape index (κ2) is 6.73. The van der Waals surface area contributed by atoms with Gasteiger partial charge in [-0.05, 0) is 47.8 Å². The number of fused-ring (bicyclic) bond motifs is 3. The summed E-state index contributed by atoms with van der Waals surface area (Å²) < 4.78 is 3.34. The highest BCUT2D eigenvalue weighted by atomic mass is 32.1. The van der Waals surface area contributed by atoms with Gasteiger partial charge in [-0.3, -0.25) is 0 Å². The first kappa shape index (κ1) is 16.8. The predicted molar refractivity (Wildman–Crippen MR) is 123 cm³/mol. The molecule has 2 N–H and O–H groups in total. The van der Waals surface area contributed by atoms with Crippen molar-refractivity contribution < 1.29 is 0 Å². The largest absolute Gasteiger partial charge is 0.338 e. The van der Waals surface area contributed by atoms with Gasteiger partial charge in [0.2, 0.25) is 0 Å². The lowest BCUT2D eigenvalue weighted by atomic mass is 10.2. The summed E-state index contributed by atoms with van der Waals surface area (Å²) in [7, 11) is 0. The van der Waals surface area contributed by atoms with Crippen LogP contribution < -0.4 is 10.6 Å². The van der Waals surface area contributed by atoms with Crippen molar-refractivity contribution in [3.63, 3.8) is 0 Å². The Morgan fingerprint density at radius 2 is 1.28 bits per heavy atom. The maximum absolute atomic E-state index is 4.46. The lowest BCUT2D eigenvalue weighted by Crippen LogP contribution is -2.00. The molecule has 0 spiro atoms. The average molecular weight is 433 g/mol. The van der Waals surface area contributed by atoms with Gasteiger partial charge in [-0.1, -0.05) is 0 Å². The molecule has 6 rings (SSSR count). The van der Waals surface area contributed by atoms with Crippen LogP contribution in [0.1, 0.15) is 0 Å². The lowest BCUT2D eigenvalue weighted by Gasteiger charge is -2.10. The average Bonchev–Trinajstić information content (AvgIpc) is 3.49. The second-order valence-corrected chi connectivity index (χ2v) is 9.07. The highest BCUT2D eigenvalue weighted by molar-refractivity contribution is 7.18. The molecule has 0 saturated heterocycles. The van der Waals surface area contributed by atoms with Crippen LogP contribution in [0.3, 0.4) is 0 Å². The zero-order chi connectivity index (χ0) is 19.2. The summed E-state index contributed by atoms with van der Waals surface area (Å²) in [5, 5.41) is 18.8. The van der Waals surface area contributed by atoms with Crippen molar-refractivity contribution >= 4 is 87.5 Å². The van der Waals surface area contributed by atoms with E-state index in [4.69, 9.17) is 0 Å². The van der Waals surface area contributed by atoms with Crippen LogP contribution in [0.15, 0.2) is 58.9 Å². The minimum Gasteiger partial charge on any atom is -0.338 e. The van der Waals surface area contributed by atoms with Crippen LogP contribution in [-0.2, 0) is 0 Å². The van der Waals surface area contributed by atoms with Gasteiger partial charge >= 0.3 is 0 Å². The van der Waals surface area contributed by atoms with Crippen molar-refractivity contribution in [1.82, 2.24) is 20.2 Å². The number of thiophene rings is 1. The third kappa shape index (κ3) is 3.00. The molecule has 4 heterocycles. The van der Waals surface area contributed by atoms with Crippen molar-refractivity contribution in [3.8, 4) is 0 Å². The van der Waals surface area contributed by atoms with Gasteiger partial charge in [-0.2, -0.15) is 0 Å². The number of nitrogens with zero attached hydrogens (tertiary/aromatic N) is 4. The smallest absolute Gasteiger partial charge is 0.171 e. The van der Waals surface area contributed by atoms with Crippen molar-refractivity contribution in [2.24, 2.45) is 0 Å². The highest BCUT2D eigenvalue weighted by Gasteiger charge is 2.12. The second-order valence-electron chi connectivity index (χ2n) is 6.38. The van der Waals surface area contributed by atoms with E-state index in [9.17, 15) is 0 Å². The van der Waals surface area contributed by atoms with E-state index in [2.05, 4.69) is 54.4 Å². The Hall–Kier alpha value is -3.14. The molecule has 29 heavy (non-hydrogen) atoms. The summed E-state index contributed by atoms with van der Waals surface area (Å²) in [4.78, 5) is 8.66. The Morgan fingerprint density at radius 3 is 1.97 bits per heavy atom. The fourth-order valence-electron chi connectivity index (χ4n) is 3.19. The van der Waals surface area contributed by atoms with Crippen LogP contribution in [0.2, 0.25) is 0 Å². The fraction of sp³-hybridized carbons (Fsp3) is 0. The summed E-state index contributed by atoms with van der Waals surface area (Å²) in [5.74, 6) is 1.50. The topological polar surface area (TPSA) is 75.6 Å². The first-order valence-electron chi connectivity index (χ1n) is 8.78. The molecule has 0 atom stereocenters. The molecule has 0 aliphatic rings. The van der Waals surface area contributed by atoms with Gasteiger partial charge in [-0.25, -0.2) is 9.97 Å². The van der Waals surface area contributed by atoms with Gasteiger partial charge in [0.05, 0.1) is 36.2 Å². The van der Waals surface area contributed by atoms with Crippen LogP contribution in [0.5, 0.6) is 0 Å². The molecule has 0 radical (unpaired) electrons. The van der Waals surface area contributed by atoms with Crippen molar-refractivity contribution in [2.45, 2.75) is 0 Å². The number of anilines is 4. The van der Waals surface area contributed by atoms with E-state index in [1.165, 1.54) is 0 Å². The number of benzene rings is 2. The minimum absolute atomic E-state index is 0.744. The number of hydrogen-bond donors (Lipinski definition) is 2. The first-order chi connectivity index (χ1) is 14.3. The van der Waals surface area contributed by atoms with E-state index in [0.717, 1.165) is 53.5 Å². The zero-order valence-electron chi connectivity index (χ0n) is 14.8. The molecule has 2 aromatic carbocycles. The SMILES string of the molecule is c1nc2ccc(Nc3nnc(Nc4ccc5ncsc5c4)c4sccc34)cc2s1. The van der Waals surface area contributed by atoms with Gasteiger partial charge in [0.25, 0.3) is 0 Å². The molecule has 9 heteroatoms. The summed E-state index contributed by atoms with van der Waals surface area (Å²) >= 11 is 4.89. The molecule has 0 unspecified atom stereocenters. The molecule has 0 bridgehead atoms. The maximum atomic E-state index is 4.46. The molecular formula is C20H12N6S3. The molecule has 4 aromatic heterocycles. The van der Waals surface area contributed by atoms with Crippen molar-refractivity contribution in [1.29, 1.82) is 0 Å². The van der Waals surface area contributed by atoms with Crippen molar-refractivity contribution in [3.05, 3.63) is 58.9 Å². The summed E-state index contributed by atoms with van der Waals surface area (Å²) in [5.41, 5.74) is 7.67. The Morgan fingerprint density at radius 1 is 0.655 bits per heavy atom. The van der Waals surface area contributed by atoms with Crippen LogP contribution in [0.25, 0.3) is 30.5 Å². The molecule has 6 nitrogen and oxygen atoms in total. The van der Waals surface area contributed by atoms with Gasteiger partial charge < -0.3 is 10.6 Å². The van der Waals surface area contributed by atoms with Crippen LogP contribution >= 0.6 is 34.0 Å². The molecule has 0 saturated carbocycles. The molecule has 0 aliphatic heterocycles. The summed E-state index contributed by atoms with van der Waals surface area (Å²) in [6.07, 6.45) is 0. The molecule has 140 valence electrons. The molecule has 0 amide bonds. The molecular weight excluding hydrogens is 420 g/mol. The number of hydrogen-bond acceptors (Lipinski definition) is 9. The quantitative estimate of drug-likeness (QED) is 0.336.